The summed E-state index contributed by atoms with van der Waals surface area (Å²) >= 11 is 1.25. The van der Waals surface area contributed by atoms with Crippen LogP contribution in [0.2, 0.25) is 0 Å². The Balaban J connectivity index is 1.46. The molecular formula is C22H23N3O4S. The number of carbonyl (C=O) groups excluding carboxylic acids is 2. The molecule has 2 amide bonds. The maximum absolute atomic E-state index is 12.2. The second-order valence-corrected chi connectivity index (χ2v) is 7.89. The van der Waals surface area contributed by atoms with E-state index in [0.717, 1.165) is 11.3 Å². The van der Waals surface area contributed by atoms with Gasteiger partial charge < -0.3 is 19.9 Å². The van der Waals surface area contributed by atoms with E-state index in [1.165, 1.54) is 11.8 Å². The van der Waals surface area contributed by atoms with Gasteiger partial charge in [-0.05, 0) is 32.0 Å². The van der Waals surface area contributed by atoms with E-state index in [1.54, 1.807) is 19.9 Å². The molecule has 0 aliphatic heterocycles. The van der Waals surface area contributed by atoms with E-state index < -0.39 is 5.25 Å². The number of amides is 2. The standard InChI is InChI=1S/C22H23N3O4S/c1-15-12-20(25-29-15)24-22(27)16(2)30-14-21(26)23-13-17-8-6-7-11-19(17)28-18-9-4-3-5-10-18/h3-12,16H,13-14H2,1-2H3,(H,23,26)(H,24,25,27). The lowest BCUT2D eigenvalue weighted by Crippen LogP contribution is -2.28. The number of aromatic nitrogens is 1. The molecule has 0 spiro atoms. The Labute approximate surface area is 179 Å². The summed E-state index contributed by atoms with van der Waals surface area (Å²) in [6.45, 7) is 3.82. The summed E-state index contributed by atoms with van der Waals surface area (Å²) in [6.07, 6.45) is 0. The summed E-state index contributed by atoms with van der Waals surface area (Å²) in [5.74, 6) is 2.16. The molecule has 0 aliphatic rings. The van der Waals surface area contributed by atoms with Gasteiger partial charge in [-0.25, -0.2) is 0 Å². The van der Waals surface area contributed by atoms with Crippen LogP contribution in [0, 0.1) is 6.92 Å². The van der Waals surface area contributed by atoms with Crippen LogP contribution in [0.3, 0.4) is 0 Å². The quantitative estimate of drug-likeness (QED) is 0.535. The first-order valence-corrected chi connectivity index (χ1v) is 10.5. The van der Waals surface area contributed by atoms with Crippen LogP contribution >= 0.6 is 11.8 Å². The summed E-state index contributed by atoms with van der Waals surface area (Å²) < 4.78 is 10.8. The third kappa shape index (κ3) is 6.38. The van der Waals surface area contributed by atoms with Gasteiger partial charge in [-0.2, -0.15) is 0 Å². The first-order chi connectivity index (χ1) is 14.5. The molecule has 0 aliphatic carbocycles. The molecule has 1 aromatic heterocycles. The van der Waals surface area contributed by atoms with Crippen molar-refractivity contribution in [2.75, 3.05) is 11.1 Å². The molecule has 0 bridgehead atoms. The zero-order chi connectivity index (χ0) is 21.3. The van der Waals surface area contributed by atoms with E-state index in [4.69, 9.17) is 9.26 Å². The van der Waals surface area contributed by atoms with Crippen LogP contribution in [0.15, 0.2) is 65.2 Å². The Morgan fingerprint density at radius 1 is 1.13 bits per heavy atom. The Bertz CT molecular complexity index is 991. The van der Waals surface area contributed by atoms with Crippen molar-refractivity contribution in [1.29, 1.82) is 0 Å². The number of hydrogen-bond donors (Lipinski definition) is 2. The monoisotopic (exact) mass is 425 g/mol. The average Bonchev–Trinajstić information content (AvgIpc) is 3.16. The van der Waals surface area contributed by atoms with Gasteiger partial charge in [0, 0.05) is 18.2 Å². The van der Waals surface area contributed by atoms with E-state index in [-0.39, 0.29) is 17.6 Å². The number of para-hydroxylation sites is 2. The normalized spacial score (nSPS) is 11.5. The Morgan fingerprint density at radius 3 is 2.60 bits per heavy atom. The Kier molecular flexibility index (Phi) is 7.51. The number of nitrogens with zero attached hydrogens (tertiary/aromatic N) is 1. The maximum atomic E-state index is 12.2. The molecule has 1 heterocycles. The molecule has 1 atom stereocenters. The largest absolute Gasteiger partial charge is 0.457 e. The van der Waals surface area contributed by atoms with Crippen molar-refractivity contribution < 1.29 is 18.8 Å². The van der Waals surface area contributed by atoms with Crippen molar-refractivity contribution in [3.8, 4) is 11.5 Å². The van der Waals surface area contributed by atoms with E-state index in [2.05, 4.69) is 15.8 Å². The van der Waals surface area contributed by atoms with Gasteiger partial charge in [-0.3, -0.25) is 9.59 Å². The summed E-state index contributed by atoms with van der Waals surface area (Å²) in [5.41, 5.74) is 0.867. The van der Waals surface area contributed by atoms with Crippen molar-refractivity contribution in [1.82, 2.24) is 10.5 Å². The van der Waals surface area contributed by atoms with Gasteiger partial charge in [0.25, 0.3) is 0 Å². The van der Waals surface area contributed by atoms with Gasteiger partial charge in [0.2, 0.25) is 11.8 Å². The molecule has 2 aromatic carbocycles. The first kappa shape index (κ1) is 21.4. The zero-order valence-corrected chi connectivity index (χ0v) is 17.6. The number of rotatable bonds is 9. The lowest BCUT2D eigenvalue weighted by atomic mass is 10.2. The van der Waals surface area contributed by atoms with Crippen LogP contribution in [0.1, 0.15) is 18.2 Å². The van der Waals surface area contributed by atoms with Crippen molar-refractivity contribution in [2.24, 2.45) is 0 Å². The van der Waals surface area contributed by atoms with E-state index >= 15 is 0 Å². The number of ether oxygens (including phenoxy) is 1. The van der Waals surface area contributed by atoms with Crippen LogP contribution in [-0.2, 0) is 16.1 Å². The summed E-state index contributed by atoms with van der Waals surface area (Å²) in [5, 5.41) is 8.85. The number of aryl methyl sites for hydroxylation is 1. The lowest BCUT2D eigenvalue weighted by Gasteiger charge is -2.13. The molecule has 3 aromatic rings. The zero-order valence-electron chi connectivity index (χ0n) is 16.8. The number of carbonyl (C=O) groups is 2. The highest BCUT2D eigenvalue weighted by molar-refractivity contribution is 8.01. The molecule has 0 radical (unpaired) electrons. The van der Waals surface area contributed by atoms with Gasteiger partial charge in [0.1, 0.15) is 17.3 Å². The van der Waals surface area contributed by atoms with Gasteiger partial charge in [-0.1, -0.05) is 41.6 Å². The molecule has 7 nitrogen and oxygen atoms in total. The van der Waals surface area contributed by atoms with Crippen molar-refractivity contribution >= 4 is 29.4 Å². The second kappa shape index (κ2) is 10.5. The SMILES string of the molecule is Cc1cc(NC(=O)C(C)SCC(=O)NCc2ccccc2Oc2ccccc2)no1. The van der Waals surface area contributed by atoms with Crippen molar-refractivity contribution in [2.45, 2.75) is 25.6 Å². The highest BCUT2D eigenvalue weighted by Crippen LogP contribution is 2.25. The minimum absolute atomic E-state index is 0.161. The predicted octanol–water partition coefficient (Wildman–Crippen LogP) is 4.15. The molecule has 0 fully saturated rings. The van der Waals surface area contributed by atoms with Crippen molar-refractivity contribution in [3.63, 3.8) is 0 Å². The van der Waals surface area contributed by atoms with Crippen LogP contribution in [0.4, 0.5) is 5.82 Å². The van der Waals surface area contributed by atoms with Crippen LogP contribution < -0.4 is 15.4 Å². The molecule has 30 heavy (non-hydrogen) atoms. The highest BCUT2D eigenvalue weighted by Gasteiger charge is 2.17. The number of benzene rings is 2. The Hall–Kier alpha value is -3.26. The molecule has 1 unspecified atom stereocenters. The van der Waals surface area contributed by atoms with Crippen LogP contribution in [-0.4, -0.2) is 28.0 Å². The smallest absolute Gasteiger partial charge is 0.238 e. The maximum Gasteiger partial charge on any atom is 0.238 e. The first-order valence-electron chi connectivity index (χ1n) is 9.44. The third-order valence-electron chi connectivity index (χ3n) is 4.13. The molecule has 8 heteroatoms. The summed E-state index contributed by atoms with van der Waals surface area (Å²) in [7, 11) is 0. The highest BCUT2D eigenvalue weighted by atomic mass is 32.2. The fourth-order valence-electron chi connectivity index (χ4n) is 2.54. The molecule has 2 N–H and O–H groups in total. The number of nitrogens with one attached hydrogen (secondary N) is 2. The van der Waals surface area contributed by atoms with Gasteiger partial charge in [0.05, 0.1) is 11.0 Å². The average molecular weight is 426 g/mol. The van der Waals surface area contributed by atoms with Crippen LogP contribution in [0.5, 0.6) is 11.5 Å². The van der Waals surface area contributed by atoms with Gasteiger partial charge >= 0.3 is 0 Å². The number of thioether (sulfide) groups is 1. The molecular weight excluding hydrogens is 402 g/mol. The summed E-state index contributed by atoms with van der Waals surface area (Å²) in [6, 6.07) is 18.7. The van der Waals surface area contributed by atoms with Gasteiger partial charge in [0.15, 0.2) is 5.82 Å². The van der Waals surface area contributed by atoms with Crippen molar-refractivity contribution in [3.05, 3.63) is 72.0 Å². The second-order valence-electron chi connectivity index (χ2n) is 6.56. The molecule has 156 valence electrons. The fraction of sp³-hybridized carbons (Fsp3) is 0.227. The number of hydrogen-bond acceptors (Lipinski definition) is 6. The van der Waals surface area contributed by atoms with E-state index in [1.807, 2.05) is 54.6 Å². The topological polar surface area (TPSA) is 93.5 Å². The molecule has 0 saturated carbocycles. The lowest BCUT2D eigenvalue weighted by molar-refractivity contribution is -0.118. The predicted molar refractivity (Wildman–Crippen MR) is 117 cm³/mol. The third-order valence-corrected chi connectivity index (χ3v) is 5.28. The summed E-state index contributed by atoms with van der Waals surface area (Å²) in [4.78, 5) is 24.4. The molecule has 0 saturated heterocycles. The van der Waals surface area contributed by atoms with Crippen LogP contribution in [0.25, 0.3) is 0 Å². The van der Waals surface area contributed by atoms with E-state index in [0.29, 0.717) is 23.9 Å². The number of anilines is 1. The minimum atomic E-state index is -0.415. The minimum Gasteiger partial charge on any atom is -0.457 e. The van der Waals surface area contributed by atoms with E-state index in [9.17, 15) is 9.59 Å². The van der Waals surface area contributed by atoms with Gasteiger partial charge in [-0.15, -0.1) is 11.8 Å². The molecule has 3 rings (SSSR count). The fourth-order valence-corrected chi connectivity index (χ4v) is 3.25. The Morgan fingerprint density at radius 2 is 1.87 bits per heavy atom.